The van der Waals surface area contributed by atoms with Gasteiger partial charge in [-0.1, -0.05) is 0 Å². The number of carbonyl (C=O) groups is 1. The summed E-state index contributed by atoms with van der Waals surface area (Å²) in [7, 11) is 0. The average molecular weight is 266 g/mol. The summed E-state index contributed by atoms with van der Waals surface area (Å²) in [6, 6.07) is 4.36. The van der Waals surface area contributed by atoms with E-state index in [9.17, 15) is 14.9 Å². The van der Waals surface area contributed by atoms with Gasteiger partial charge in [-0.25, -0.2) is 0 Å². The lowest BCUT2D eigenvalue weighted by atomic mass is 10.1. The van der Waals surface area contributed by atoms with Gasteiger partial charge in [0.1, 0.15) is 11.4 Å². The highest BCUT2D eigenvalue weighted by Crippen LogP contribution is 2.30. The normalized spacial score (nSPS) is 16.3. The van der Waals surface area contributed by atoms with Crippen LogP contribution in [0.5, 0.6) is 0 Å². The summed E-state index contributed by atoms with van der Waals surface area (Å²) < 4.78 is 4.97. The van der Waals surface area contributed by atoms with Gasteiger partial charge in [0.15, 0.2) is 0 Å². The molecule has 0 spiro atoms. The lowest BCUT2D eigenvalue weighted by Crippen LogP contribution is -2.63. The number of nitro groups is 1. The number of nitro benzene ring substituents is 1. The van der Waals surface area contributed by atoms with Gasteiger partial charge in [-0.05, 0) is 12.1 Å². The molecule has 102 valence electrons. The van der Waals surface area contributed by atoms with Crippen LogP contribution in [-0.4, -0.2) is 29.7 Å². The second kappa shape index (κ2) is 4.82. The molecule has 0 saturated carbocycles. The minimum Gasteiger partial charge on any atom is -0.374 e. The van der Waals surface area contributed by atoms with Gasteiger partial charge in [-0.2, -0.15) is 0 Å². The van der Waals surface area contributed by atoms with Gasteiger partial charge in [0.05, 0.1) is 18.1 Å². The Morgan fingerprint density at radius 1 is 1.53 bits per heavy atom. The predicted molar refractivity (Wildman–Crippen MR) is 68.8 cm³/mol. The van der Waals surface area contributed by atoms with Crippen LogP contribution in [0.25, 0.3) is 0 Å². The van der Waals surface area contributed by atoms with Crippen molar-refractivity contribution in [2.24, 2.45) is 5.73 Å². The van der Waals surface area contributed by atoms with Gasteiger partial charge in [0.25, 0.3) is 5.69 Å². The summed E-state index contributed by atoms with van der Waals surface area (Å²) in [4.78, 5) is 21.4. The van der Waals surface area contributed by atoms with Gasteiger partial charge < -0.3 is 21.1 Å². The Labute approximate surface area is 109 Å². The lowest BCUT2D eigenvalue weighted by Gasteiger charge is -2.38. The molecule has 4 N–H and O–H groups in total. The fraction of sp³-hybridized carbons (Fsp3) is 0.364. The van der Waals surface area contributed by atoms with Crippen LogP contribution in [0.2, 0.25) is 0 Å². The van der Waals surface area contributed by atoms with Crippen molar-refractivity contribution in [1.29, 1.82) is 0 Å². The van der Waals surface area contributed by atoms with E-state index in [0.29, 0.717) is 11.4 Å². The lowest BCUT2D eigenvalue weighted by molar-refractivity contribution is -0.384. The molecule has 1 aliphatic heterocycles. The zero-order valence-corrected chi connectivity index (χ0v) is 10.3. The highest BCUT2D eigenvalue weighted by Gasteiger charge is 2.35. The summed E-state index contributed by atoms with van der Waals surface area (Å²) in [5.74, 6) is -0.294. The molecule has 0 aliphatic carbocycles. The molecule has 0 atom stereocenters. The molecule has 8 heteroatoms. The number of nitrogens with one attached hydrogen (secondary N) is 2. The van der Waals surface area contributed by atoms with Gasteiger partial charge in [0, 0.05) is 18.7 Å². The summed E-state index contributed by atoms with van der Waals surface area (Å²) >= 11 is 0. The summed E-state index contributed by atoms with van der Waals surface area (Å²) in [5.41, 5.74) is 5.62. The van der Waals surface area contributed by atoms with Crippen molar-refractivity contribution in [2.75, 3.05) is 23.8 Å². The number of hydrogen-bond donors (Lipinski definition) is 3. The highest BCUT2D eigenvalue weighted by molar-refractivity contribution is 5.89. The zero-order valence-electron chi connectivity index (χ0n) is 10.3. The number of nitrogens with two attached hydrogens (primary N) is 1. The Balaban J connectivity index is 2.27. The second-order valence-electron chi connectivity index (χ2n) is 4.44. The van der Waals surface area contributed by atoms with E-state index in [0.717, 1.165) is 0 Å². The molecule has 19 heavy (non-hydrogen) atoms. The average Bonchev–Trinajstić information content (AvgIpc) is 2.28. The number of benzene rings is 1. The van der Waals surface area contributed by atoms with Gasteiger partial charge >= 0.3 is 0 Å². The largest absolute Gasteiger partial charge is 0.374 e. The van der Waals surface area contributed by atoms with Crippen LogP contribution in [0.15, 0.2) is 18.2 Å². The van der Waals surface area contributed by atoms with Crippen LogP contribution >= 0.6 is 0 Å². The van der Waals surface area contributed by atoms with Crippen molar-refractivity contribution in [1.82, 2.24) is 0 Å². The SMILES string of the molecule is CC(=O)Nc1ccc(NC2(N)COC2)c([N+](=O)[O-])c1. The molecule has 1 saturated heterocycles. The maximum absolute atomic E-state index is 11.0. The third-order valence-electron chi connectivity index (χ3n) is 2.62. The number of hydrogen-bond acceptors (Lipinski definition) is 6. The fourth-order valence-corrected chi connectivity index (χ4v) is 1.73. The van der Waals surface area contributed by atoms with E-state index in [-0.39, 0.29) is 24.8 Å². The fourth-order valence-electron chi connectivity index (χ4n) is 1.73. The topological polar surface area (TPSA) is 120 Å². The molecule has 0 bridgehead atoms. The quantitative estimate of drug-likeness (QED) is 0.418. The molecule has 0 aromatic heterocycles. The van der Waals surface area contributed by atoms with Crippen molar-refractivity contribution in [3.05, 3.63) is 28.3 Å². The van der Waals surface area contributed by atoms with Crippen molar-refractivity contribution < 1.29 is 14.5 Å². The number of anilines is 2. The van der Waals surface area contributed by atoms with Crippen molar-refractivity contribution in [3.63, 3.8) is 0 Å². The molecule has 1 aromatic carbocycles. The third kappa shape index (κ3) is 2.98. The first-order valence-corrected chi connectivity index (χ1v) is 5.60. The van der Waals surface area contributed by atoms with Crippen LogP contribution in [0.1, 0.15) is 6.92 Å². The molecule has 0 unspecified atom stereocenters. The van der Waals surface area contributed by atoms with Crippen molar-refractivity contribution >= 4 is 23.0 Å². The molecule has 1 aliphatic rings. The Morgan fingerprint density at radius 3 is 2.68 bits per heavy atom. The Bertz CT molecular complexity index is 527. The monoisotopic (exact) mass is 266 g/mol. The zero-order chi connectivity index (χ0) is 14.0. The second-order valence-corrected chi connectivity index (χ2v) is 4.44. The van der Waals surface area contributed by atoms with Gasteiger partial charge in [-0.3, -0.25) is 14.9 Å². The predicted octanol–water partition coefficient (Wildman–Crippen LogP) is 0.650. The first-order chi connectivity index (χ1) is 8.89. The van der Waals surface area contributed by atoms with Crippen molar-refractivity contribution in [2.45, 2.75) is 12.6 Å². The van der Waals surface area contributed by atoms with E-state index >= 15 is 0 Å². The number of carbonyl (C=O) groups excluding carboxylic acids is 1. The van der Waals surface area contributed by atoms with E-state index in [1.54, 1.807) is 6.07 Å². The first kappa shape index (κ1) is 13.2. The maximum atomic E-state index is 11.0. The molecule has 2 rings (SSSR count). The number of rotatable bonds is 4. The van der Waals surface area contributed by atoms with E-state index < -0.39 is 10.6 Å². The molecule has 1 amide bonds. The maximum Gasteiger partial charge on any atom is 0.294 e. The standard InChI is InChI=1S/C11H14N4O4/c1-7(16)13-8-2-3-9(10(4-8)15(17)18)14-11(12)5-19-6-11/h2-4,14H,5-6,12H2,1H3,(H,13,16). The third-order valence-corrected chi connectivity index (χ3v) is 2.62. The van der Waals surface area contributed by atoms with Crippen LogP contribution in [0.4, 0.5) is 17.1 Å². The number of nitrogens with zero attached hydrogens (tertiary/aromatic N) is 1. The van der Waals surface area contributed by atoms with Crippen LogP contribution < -0.4 is 16.4 Å². The highest BCUT2D eigenvalue weighted by atomic mass is 16.6. The van der Waals surface area contributed by atoms with E-state index in [1.807, 2.05) is 0 Å². The van der Waals surface area contributed by atoms with Crippen LogP contribution in [0.3, 0.4) is 0 Å². The van der Waals surface area contributed by atoms with Gasteiger partial charge in [-0.15, -0.1) is 0 Å². The van der Waals surface area contributed by atoms with E-state index in [4.69, 9.17) is 10.5 Å². The Morgan fingerprint density at radius 2 is 2.21 bits per heavy atom. The Kier molecular flexibility index (Phi) is 3.36. The molecular formula is C11H14N4O4. The summed E-state index contributed by atoms with van der Waals surface area (Å²) in [6.45, 7) is 1.91. The summed E-state index contributed by atoms with van der Waals surface area (Å²) in [5, 5.41) is 16.4. The molecule has 0 radical (unpaired) electrons. The first-order valence-electron chi connectivity index (χ1n) is 5.60. The molecule has 8 nitrogen and oxygen atoms in total. The number of ether oxygens (including phenoxy) is 1. The number of amides is 1. The molecule has 1 aromatic rings. The van der Waals surface area contributed by atoms with E-state index in [2.05, 4.69) is 10.6 Å². The minimum absolute atomic E-state index is 0.150. The minimum atomic E-state index is -0.777. The van der Waals surface area contributed by atoms with E-state index in [1.165, 1.54) is 19.1 Å². The van der Waals surface area contributed by atoms with Gasteiger partial charge in [0.2, 0.25) is 5.91 Å². The smallest absolute Gasteiger partial charge is 0.294 e. The molecule has 1 heterocycles. The van der Waals surface area contributed by atoms with Crippen LogP contribution in [0, 0.1) is 10.1 Å². The molecule has 1 fully saturated rings. The molecular weight excluding hydrogens is 252 g/mol. The summed E-state index contributed by atoms with van der Waals surface area (Å²) in [6.07, 6.45) is 0. The van der Waals surface area contributed by atoms with Crippen molar-refractivity contribution in [3.8, 4) is 0 Å². The Hall–Kier alpha value is -2.19. The van der Waals surface area contributed by atoms with Crippen LogP contribution in [-0.2, 0) is 9.53 Å².